The van der Waals surface area contributed by atoms with Gasteiger partial charge in [0.05, 0.1) is 13.7 Å². The molecular formula is C19H20N2O2. The second-order valence-corrected chi connectivity index (χ2v) is 5.35. The van der Waals surface area contributed by atoms with Crippen LogP contribution in [0.15, 0.2) is 67.0 Å². The number of benzene rings is 2. The molecule has 0 bridgehead atoms. The summed E-state index contributed by atoms with van der Waals surface area (Å²) in [7, 11) is 3.64. The highest BCUT2D eigenvalue weighted by atomic mass is 16.5. The molecule has 2 aromatic carbocycles. The zero-order chi connectivity index (χ0) is 16.1. The minimum absolute atomic E-state index is 0.245. The van der Waals surface area contributed by atoms with Crippen molar-refractivity contribution >= 4 is 0 Å². The second kappa shape index (κ2) is 7.11. The molecule has 0 amide bonds. The number of aromatic nitrogens is 2. The van der Waals surface area contributed by atoms with E-state index in [4.69, 9.17) is 9.47 Å². The van der Waals surface area contributed by atoms with Crippen LogP contribution in [0.2, 0.25) is 0 Å². The average Bonchev–Trinajstić information content (AvgIpc) is 3.02. The lowest BCUT2D eigenvalue weighted by molar-refractivity contribution is 0.0592. The van der Waals surface area contributed by atoms with Crippen LogP contribution in [0.1, 0.15) is 23.1 Å². The Hall–Kier alpha value is -2.59. The molecule has 118 valence electrons. The quantitative estimate of drug-likeness (QED) is 0.696. The standard InChI is InChI=1S/C19H20N2O2/c1-21-12-11-20-19(21)18(16-9-6-10-17(13-16)22-2)23-14-15-7-4-3-5-8-15/h3-13,18H,14H2,1-2H3. The molecule has 0 saturated carbocycles. The van der Waals surface area contributed by atoms with Gasteiger partial charge in [0.25, 0.3) is 0 Å². The van der Waals surface area contributed by atoms with Crippen molar-refractivity contribution in [2.24, 2.45) is 7.05 Å². The molecule has 0 aliphatic rings. The molecule has 1 atom stereocenters. The van der Waals surface area contributed by atoms with Gasteiger partial charge in [0.2, 0.25) is 0 Å². The number of aryl methyl sites for hydroxylation is 1. The van der Waals surface area contributed by atoms with Crippen LogP contribution in [-0.4, -0.2) is 16.7 Å². The Labute approximate surface area is 136 Å². The van der Waals surface area contributed by atoms with Crippen molar-refractivity contribution in [1.82, 2.24) is 9.55 Å². The van der Waals surface area contributed by atoms with Crippen LogP contribution in [0.5, 0.6) is 5.75 Å². The maximum Gasteiger partial charge on any atom is 0.142 e. The number of methoxy groups -OCH3 is 1. The van der Waals surface area contributed by atoms with E-state index >= 15 is 0 Å². The lowest BCUT2D eigenvalue weighted by Crippen LogP contribution is -2.12. The highest BCUT2D eigenvalue weighted by Crippen LogP contribution is 2.28. The summed E-state index contributed by atoms with van der Waals surface area (Å²) in [6.07, 6.45) is 3.47. The smallest absolute Gasteiger partial charge is 0.142 e. The summed E-state index contributed by atoms with van der Waals surface area (Å²) >= 11 is 0. The number of hydrogen-bond acceptors (Lipinski definition) is 3. The number of nitrogens with zero attached hydrogens (tertiary/aromatic N) is 2. The van der Waals surface area contributed by atoms with E-state index in [0.717, 1.165) is 22.7 Å². The largest absolute Gasteiger partial charge is 0.497 e. The molecule has 3 rings (SSSR count). The first-order chi connectivity index (χ1) is 11.3. The Bertz CT molecular complexity index is 753. The third-order valence-electron chi connectivity index (χ3n) is 3.75. The third-order valence-corrected chi connectivity index (χ3v) is 3.75. The van der Waals surface area contributed by atoms with Gasteiger partial charge in [0.15, 0.2) is 0 Å². The monoisotopic (exact) mass is 308 g/mol. The first-order valence-electron chi connectivity index (χ1n) is 7.54. The predicted molar refractivity (Wildman–Crippen MR) is 89.3 cm³/mol. The highest BCUT2D eigenvalue weighted by Gasteiger charge is 2.19. The molecule has 0 N–H and O–H groups in total. The maximum atomic E-state index is 6.20. The zero-order valence-electron chi connectivity index (χ0n) is 13.3. The first-order valence-corrected chi connectivity index (χ1v) is 7.54. The van der Waals surface area contributed by atoms with Gasteiger partial charge < -0.3 is 14.0 Å². The molecule has 0 aliphatic heterocycles. The Morgan fingerprint density at radius 1 is 1.09 bits per heavy atom. The molecule has 3 aromatic rings. The highest BCUT2D eigenvalue weighted by molar-refractivity contribution is 5.32. The second-order valence-electron chi connectivity index (χ2n) is 5.35. The van der Waals surface area contributed by atoms with Crippen molar-refractivity contribution in [3.63, 3.8) is 0 Å². The molecule has 1 aromatic heterocycles. The summed E-state index contributed by atoms with van der Waals surface area (Å²) in [5, 5.41) is 0. The van der Waals surface area contributed by atoms with Crippen molar-refractivity contribution < 1.29 is 9.47 Å². The van der Waals surface area contributed by atoms with E-state index in [1.807, 2.05) is 60.3 Å². The van der Waals surface area contributed by atoms with Crippen LogP contribution in [0.3, 0.4) is 0 Å². The third kappa shape index (κ3) is 3.60. The minimum atomic E-state index is -0.245. The van der Waals surface area contributed by atoms with E-state index in [0.29, 0.717) is 6.61 Å². The summed E-state index contributed by atoms with van der Waals surface area (Å²) in [5.74, 6) is 1.68. The molecule has 1 heterocycles. The molecule has 4 nitrogen and oxygen atoms in total. The van der Waals surface area contributed by atoms with Gasteiger partial charge in [-0.3, -0.25) is 0 Å². The van der Waals surface area contributed by atoms with Crippen LogP contribution in [0.4, 0.5) is 0 Å². The van der Waals surface area contributed by atoms with Gasteiger partial charge in [-0.1, -0.05) is 42.5 Å². The Morgan fingerprint density at radius 3 is 2.61 bits per heavy atom. The van der Waals surface area contributed by atoms with Crippen LogP contribution >= 0.6 is 0 Å². The summed E-state index contributed by atoms with van der Waals surface area (Å²) < 4.78 is 13.5. The van der Waals surface area contributed by atoms with Crippen LogP contribution in [0.25, 0.3) is 0 Å². The van der Waals surface area contributed by atoms with E-state index in [1.54, 1.807) is 13.3 Å². The van der Waals surface area contributed by atoms with Crippen molar-refractivity contribution in [2.45, 2.75) is 12.7 Å². The first kappa shape index (κ1) is 15.3. The lowest BCUT2D eigenvalue weighted by atomic mass is 10.1. The summed E-state index contributed by atoms with van der Waals surface area (Å²) in [6.45, 7) is 0.523. The van der Waals surface area contributed by atoms with E-state index < -0.39 is 0 Å². The Kier molecular flexibility index (Phi) is 4.74. The van der Waals surface area contributed by atoms with Gasteiger partial charge in [-0.25, -0.2) is 4.98 Å². The molecule has 0 spiro atoms. The van der Waals surface area contributed by atoms with Gasteiger partial charge in [-0.2, -0.15) is 0 Å². The fourth-order valence-corrected chi connectivity index (χ4v) is 2.51. The summed E-state index contributed by atoms with van der Waals surface area (Å²) in [5.41, 5.74) is 2.16. The SMILES string of the molecule is COc1cccc(C(OCc2ccccc2)c2nccn2C)c1. The molecule has 0 saturated heterocycles. The predicted octanol–water partition coefficient (Wildman–Crippen LogP) is 3.73. The Morgan fingerprint density at radius 2 is 1.91 bits per heavy atom. The van der Waals surface area contributed by atoms with E-state index in [1.165, 1.54) is 0 Å². The van der Waals surface area contributed by atoms with E-state index in [9.17, 15) is 0 Å². The fourth-order valence-electron chi connectivity index (χ4n) is 2.51. The minimum Gasteiger partial charge on any atom is -0.497 e. The number of ether oxygens (including phenoxy) is 2. The summed E-state index contributed by atoms with van der Waals surface area (Å²) in [4.78, 5) is 4.46. The molecular weight excluding hydrogens is 288 g/mol. The maximum absolute atomic E-state index is 6.20. The van der Waals surface area contributed by atoms with Crippen LogP contribution < -0.4 is 4.74 Å². The molecule has 0 radical (unpaired) electrons. The van der Waals surface area contributed by atoms with Crippen LogP contribution in [-0.2, 0) is 18.4 Å². The molecule has 1 unspecified atom stereocenters. The van der Waals surface area contributed by atoms with Crippen molar-refractivity contribution in [3.05, 3.63) is 83.9 Å². The van der Waals surface area contributed by atoms with Gasteiger partial charge in [-0.15, -0.1) is 0 Å². The zero-order valence-corrected chi connectivity index (χ0v) is 13.3. The molecule has 23 heavy (non-hydrogen) atoms. The number of imidazole rings is 1. The van der Waals surface area contributed by atoms with E-state index in [-0.39, 0.29) is 6.10 Å². The number of rotatable bonds is 6. The van der Waals surface area contributed by atoms with Gasteiger partial charge in [-0.05, 0) is 23.3 Å². The van der Waals surface area contributed by atoms with Crippen molar-refractivity contribution in [3.8, 4) is 5.75 Å². The number of hydrogen-bond donors (Lipinski definition) is 0. The molecule has 4 heteroatoms. The van der Waals surface area contributed by atoms with Crippen LogP contribution in [0, 0.1) is 0 Å². The van der Waals surface area contributed by atoms with Crippen molar-refractivity contribution in [1.29, 1.82) is 0 Å². The lowest BCUT2D eigenvalue weighted by Gasteiger charge is -2.19. The fraction of sp³-hybridized carbons (Fsp3) is 0.211. The Balaban J connectivity index is 1.89. The van der Waals surface area contributed by atoms with Crippen molar-refractivity contribution in [2.75, 3.05) is 7.11 Å². The van der Waals surface area contributed by atoms with Gasteiger partial charge >= 0.3 is 0 Å². The topological polar surface area (TPSA) is 36.3 Å². The normalized spacial score (nSPS) is 12.1. The summed E-state index contributed by atoms with van der Waals surface area (Å²) in [6, 6.07) is 18.1. The van der Waals surface area contributed by atoms with E-state index in [2.05, 4.69) is 17.1 Å². The average molecular weight is 308 g/mol. The molecule has 0 fully saturated rings. The van der Waals surface area contributed by atoms with Gasteiger partial charge in [0, 0.05) is 19.4 Å². The van der Waals surface area contributed by atoms with Gasteiger partial charge in [0.1, 0.15) is 17.7 Å². The molecule has 0 aliphatic carbocycles.